The molecule has 4 aromatic rings. The fourth-order valence-electron chi connectivity index (χ4n) is 5.45. The number of nitrogens with one attached hydrogen (secondary N) is 1. The van der Waals surface area contributed by atoms with Gasteiger partial charge in [0.1, 0.15) is 11.8 Å². The first-order chi connectivity index (χ1) is 18.6. The molecular weight excluding hydrogens is 496 g/mol. The second kappa shape index (κ2) is 10.3. The van der Waals surface area contributed by atoms with Crippen LogP contribution in [0.2, 0.25) is 0 Å². The number of hydrogen-bond donors (Lipinski definition) is 2. The largest absolute Gasteiger partial charge is 0.490 e. The zero-order chi connectivity index (χ0) is 26.1. The Labute approximate surface area is 226 Å². The Bertz CT molecular complexity index is 1430. The molecule has 1 aliphatic heterocycles. The third kappa shape index (κ3) is 4.63. The van der Waals surface area contributed by atoms with Gasteiger partial charge in [0, 0.05) is 29.5 Å². The van der Waals surface area contributed by atoms with Crippen LogP contribution in [0.15, 0.2) is 91.3 Å². The number of anilines is 1. The molecule has 6 rings (SSSR count). The summed E-state index contributed by atoms with van der Waals surface area (Å²) < 4.78 is 8.27. The summed E-state index contributed by atoms with van der Waals surface area (Å²) in [5, 5.41) is 13.5. The zero-order valence-electron chi connectivity index (χ0n) is 20.7. The Kier molecular flexibility index (Phi) is 6.55. The maximum Gasteiger partial charge on any atom is 0.335 e. The number of pyridine rings is 1. The molecule has 192 valence electrons. The van der Waals surface area contributed by atoms with E-state index in [1.165, 1.54) is 12.8 Å². The molecule has 0 spiro atoms. The minimum atomic E-state index is -0.948. The molecule has 1 aliphatic carbocycles. The second-order valence-electron chi connectivity index (χ2n) is 9.67. The molecule has 7 nitrogen and oxygen atoms in total. The van der Waals surface area contributed by atoms with Crippen molar-refractivity contribution in [3.63, 3.8) is 0 Å². The predicted octanol–water partition coefficient (Wildman–Crippen LogP) is 6.07. The van der Waals surface area contributed by atoms with Crippen LogP contribution >= 0.6 is 12.2 Å². The Hall–Kier alpha value is -4.17. The number of aromatic carboxylic acids is 1. The average molecular weight is 525 g/mol. The number of benzene rings is 2. The van der Waals surface area contributed by atoms with Gasteiger partial charge in [-0.2, -0.15) is 0 Å². The van der Waals surface area contributed by atoms with Gasteiger partial charge in [0.15, 0.2) is 5.11 Å². The third-order valence-corrected chi connectivity index (χ3v) is 7.61. The van der Waals surface area contributed by atoms with Crippen molar-refractivity contribution >= 4 is 29.0 Å². The van der Waals surface area contributed by atoms with Crippen LogP contribution in [0.1, 0.15) is 59.5 Å². The highest BCUT2D eigenvalue weighted by atomic mass is 32.1. The number of nitrogens with zero attached hydrogens (tertiary/aromatic N) is 3. The highest BCUT2D eigenvalue weighted by Crippen LogP contribution is 2.42. The first-order valence-electron chi connectivity index (χ1n) is 12.9. The van der Waals surface area contributed by atoms with E-state index in [0.717, 1.165) is 41.4 Å². The summed E-state index contributed by atoms with van der Waals surface area (Å²) in [4.78, 5) is 18.2. The van der Waals surface area contributed by atoms with E-state index in [2.05, 4.69) is 38.0 Å². The van der Waals surface area contributed by atoms with Crippen LogP contribution < -0.4 is 15.0 Å². The molecular formula is C30H28N4O3S. The summed E-state index contributed by atoms with van der Waals surface area (Å²) in [6.45, 7) is 0. The van der Waals surface area contributed by atoms with Gasteiger partial charge in [0.2, 0.25) is 0 Å². The lowest BCUT2D eigenvalue weighted by Gasteiger charge is -2.29. The van der Waals surface area contributed by atoms with Gasteiger partial charge in [-0.15, -0.1) is 0 Å². The minimum absolute atomic E-state index is 0.190. The Morgan fingerprint density at radius 2 is 1.68 bits per heavy atom. The summed E-state index contributed by atoms with van der Waals surface area (Å²) in [5.41, 5.74) is 3.96. The smallest absolute Gasteiger partial charge is 0.335 e. The van der Waals surface area contributed by atoms with Crippen molar-refractivity contribution in [2.24, 2.45) is 0 Å². The van der Waals surface area contributed by atoms with Crippen LogP contribution in [0, 0.1) is 0 Å². The topological polar surface area (TPSA) is 79.6 Å². The SMILES string of the molecule is O=C(O)c1ccc(-n2cccc2[C@@H]2[C@@H](c3ccccn3)NC(=S)N2c2ccc(OC3CCCC3)cc2)cc1. The standard InChI is InChI=1S/C30H28N4O3S/c35-29(36)20-10-12-21(13-11-20)33-19-5-9-26(33)28-27(25-8-3-4-18-31-25)32-30(38)34(28)22-14-16-24(17-15-22)37-23-6-1-2-7-23/h3-5,8-19,23,27-28H,1-2,6-7H2,(H,32,38)(H,35,36)/t27-,28-/m1/s1. The molecule has 2 atom stereocenters. The first kappa shape index (κ1) is 24.2. The predicted molar refractivity (Wildman–Crippen MR) is 150 cm³/mol. The summed E-state index contributed by atoms with van der Waals surface area (Å²) >= 11 is 5.89. The molecule has 0 bridgehead atoms. The summed E-state index contributed by atoms with van der Waals surface area (Å²) in [5.74, 6) is -0.0742. The molecule has 2 aromatic carbocycles. The van der Waals surface area contributed by atoms with Crippen molar-refractivity contribution < 1.29 is 14.6 Å². The molecule has 2 fully saturated rings. The number of carboxylic acid groups (broad SMARTS) is 1. The zero-order valence-corrected chi connectivity index (χ0v) is 21.6. The summed E-state index contributed by atoms with van der Waals surface area (Å²) in [6, 6.07) is 24.6. The number of carbonyl (C=O) groups is 1. The van der Waals surface area contributed by atoms with Crippen molar-refractivity contribution in [2.45, 2.75) is 43.9 Å². The van der Waals surface area contributed by atoms with Gasteiger partial charge in [-0.25, -0.2) is 4.79 Å². The van der Waals surface area contributed by atoms with E-state index in [-0.39, 0.29) is 17.6 Å². The quantitative estimate of drug-likeness (QED) is 0.284. The molecule has 0 amide bonds. The van der Waals surface area contributed by atoms with Crippen molar-refractivity contribution in [2.75, 3.05) is 4.90 Å². The molecule has 0 unspecified atom stereocenters. The van der Waals surface area contributed by atoms with Gasteiger partial charge >= 0.3 is 5.97 Å². The molecule has 1 saturated carbocycles. The van der Waals surface area contributed by atoms with E-state index in [1.807, 2.05) is 54.7 Å². The normalized spacial score (nSPS) is 19.5. The Morgan fingerprint density at radius 1 is 0.947 bits per heavy atom. The second-order valence-corrected chi connectivity index (χ2v) is 10.1. The number of ether oxygens (including phenoxy) is 1. The van der Waals surface area contributed by atoms with Crippen molar-refractivity contribution in [1.29, 1.82) is 0 Å². The van der Waals surface area contributed by atoms with Crippen LogP contribution in [-0.4, -0.2) is 31.8 Å². The lowest BCUT2D eigenvalue weighted by Crippen LogP contribution is -2.30. The molecule has 38 heavy (non-hydrogen) atoms. The maximum absolute atomic E-state index is 11.4. The summed E-state index contributed by atoms with van der Waals surface area (Å²) in [7, 11) is 0. The van der Waals surface area contributed by atoms with Gasteiger partial charge in [-0.3, -0.25) is 4.98 Å². The van der Waals surface area contributed by atoms with E-state index < -0.39 is 5.97 Å². The molecule has 0 radical (unpaired) electrons. The van der Waals surface area contributed by atoms with Crippen LogP contribution in [0.5, 0.6) is 5.75 Å². The lowest BCUT2D eigenvalue weighted by molar-refractivity contribution is 0.0697. The lowest BCUT2D eigenvalue weighted by atomic mass is 10.0. The first-order valence-corrected chi connectivity index (χ1v) is 13.3. The third-order valence-electron chi connectivity index (χ3n) is 7.29. The molecule has 2 N–H and O–H groups in total. The van der Waals surface area contributed by atoms with Gasteiger partial charge in [0.25, 0.3) is 0 Å². The number of carboxylic acids is 1. The van der Waals surface area contributed by atoms with Gasteiger partial charge in [0.05, 0.1) is 23.4 Å². The van der Waals surface area contributed by atoms with Crippen molar-refractivity contribution in [3.05, 3.63) is 108 Å². The van der Waals surface area contributed by atoms with E-state index in [0.29, 0.717) is 11.2 Å². The number of aromatic nitrogens is 2. The van der Waals surface area contributed by atoms with Crippen LogP contribution in [0.25, 0.3) is 5.69 Å². The molecule has 2 aliphatic rings. The number of thiocarbonyl (C=S) groups is 1. The van der Waals surface area contributed by atoms with Crippen LogP contribution in [0.3, 0.4) is 0 Å². The number of rotatable bonds is 7. The van der Waals surface area contributed by atoms with Gasteiger partial charge in [-0.05, 0) is 111 Å². The summed E-state index contributed by atoms with van der Waals surface area (Å²) in [6.07, 6.45) is 8.75. The number of hydrogen-bond acceptors (Lipinski definition) is 4. The fourth-order valence-corrected chi connectivity index (χ4v) is 5.80. The van der Waals surface area contributed by atoms with Gasteiger partial charge in [-0.1, -0.05) is 6.07 Å². The molecule has 1 saturated heterocycles. The van der Waals surface area contributed by atoms with E-state index >= 15 is 0 Å². The van der Waals surface area contributed by atoms with Gasteiger partial charge < -0.3 is 24.6 Å². The van der Waals surface area contributed by atoms with E-state index in [9.17, 15) is 9.90 Å². The molecule has 3 heterocycles. The van der Waals surface area contributed by atoms with Crippen molar-refractivity contribution in [3.8, 4) is 11.4 Å². The minimum Gasteiger partial charge on any atom is -0.490 e. The Morgan fingerprint density at radius 3 is 2.37 bits per heavy atom. The Balaban J connectivity index is 1.38. The highest BCUT2D eigenvalue weighted by molar-refractivity contribution is 7.80. The molecule has 8 heteroatoms. The van der Waals surface area contributed by atoms with Crippen LogP contribution in [-0.2, 0) is 0 Å². The highest BCUT2D eigenvalue weighted by Gasteiger charge is 2.42. The maximum atomic E-state index is 11.4. The monoisotopic (exact) mass is 524 g/mol. The van der Waals surface area contributed by atoms with Crippen molar-refractivity contribution in [1.82, 2.24) is 14.9 Å². The van der Waals surface area contributed by atoms with E-state index in [4.69, 9.17) is 17.0 Å². The fraction of sp³-hybridized carbons (Fsp3) is 0.233. The van der Waals surface area contributed by atoms with Crippen LogP contribution in [0.4, 0.5) is 5.69 Å². The average Bonchev–Trinajstić information content (AvgIpc) is 3.70. The van der Waals surface area contributed by atoms with E-state index in [1.54, 1.807) is 18.3 Å². The molecule has 2 aromatic heterocycles.